The molecule has 1 aromatic heterocycles. The van der Waals surface area contributed by atoms with Gasteiger partial charge in [0.2, 0.25) is 17.3 Å². The first-order valence-electron chi connectivity index (χ1n) is 8.61. The van der Waals surface area contributed by atoms with Crippen molar-refractivity contribution in [1.29, 1.82) is 0 Å². The van der Waals surface area contributed by atoms with Gasteiger partial charge in [-0.3, -0.25) is 4.79 Å². The number of benzene rings is 2. The third-order valence-corrected chi connectivity index (χ3v) is 4.35. The molecule has 2 heterocycles. The summed E-state index contributed by atoms with van der Waals surface area (Å²) in [4.78, 5) is 22.3. The molecule has 136 valence electrons. The Hall–Kier alpha value is -3.48. The molecule has 0 bridgehead atoms. The van der Waals surface area contributed by atoms with Crippen molar-refractivity contribution >= 4 is 11.6 Å². The van der Waals surface area contributed by atoms with Gasteiger partial charge >= 0.3 is 0 Å². The Labute approximate surface area is 156 Å². The summed E-state index contributed by atoms with van der Waals surface area (Å²) in [5, 5.41) is 10.8. The van der Waals surface area contributed by atoms with E-state index in [4.69, 9.17) is 9.36 Å². The number of rotatable bonds is 5. The van der Waals surface area contributed by atoms with Crippen LogP contribution < -0.4 is 5.32 Å². The van der Waals surface area contributed by atoms with Gasteiger partial charge < -0.3 is 14.7 Å². The molecule has 0 saturated carbocycles. The zero-order valence-corrected chi connectivity index (χ0v) is 14.8. The third kappa shape index (κ3) is 3.57. The molecule has 1 N–H and O–H groups in total. The van der Waals surface area contributed by atoms with Gasteiger partial charge in [-0.25, -0.2) is 0 Å². The highest BCUT2D eigenvalue weighted by Gasteiger charge is 2.42. The first-order chi connectivity index (χ1) is 13.1. The first kappa shape index (κ1) is 17.0. The molecule has 7 nitrogen and oxygen atoms in total. The van der Waals surface area contributed by atoms with E-state index in [1.807, 2.05) is 60.7 Å². The topological polar surface area (TPSA) is 89.6 Å². The average Bonchev–Trinajstić information content (AvgIpc) is 3.35. The summed E-state index contributed by atoms with van der Waals surface area (Å²) in [7, 11) is 0. The fourth-order valence-corrected chi connectivity index (χ4v) is 2.82. The zero-order chi connectivity index (χ0) is 18.7. The summed E-state index contributed by atoms with van der Waals surface area (Å²) >= 11 is 0. The number of aromatic nitrogens is 2. The maximum atomic E-state index is 12.6. The number of nitrogens with zero attached hydrogens (tertiary/aromatic N) is 3. The van der Waals surface area contributed by atoms with Crippen molar-refractivity contribution in [2.24, 2.45) is 5.16 Å². The Morgan fingerprint density at radius 2 is 1.74 bits per heavy atom. The molecule has 1 aliphatic heterocycles. The third-order valence-electron chi connectivity index (χ3n) is 4.35. The average molecular weight is 362 g/mol. The summed E-state index contributed by atoms with van der Waals surface area (Å²) in [6.45, 7) is 1.84. The van der Waals surface area contributed by atoms with E-state index in [1.54, 1.807) is 6.92 Å². The molecule has 0 fully saturated rings. The summed E-state index contributed by atoms with van der Waals surface area (Å²) in [6, 6.07) is 19.2. The maximum absolute atomic E-state index is 12.6. The minimum absolute atomic E-state index is 0.123. The number of amides is 1. The van der Waals surface area contributed by atoms with E-state index in [2.05, 4.69) is 20.6 Å². The van der Waals surface area contributed by atoms with Gasteiger partial charge in [0.25, 0.3) is 5.91 Å². The van der Waals surface area contributed by atoms with Crippen molar-refractivity contribution in [1.82, 2.24) is 15.5 Å². The van der Waals surface area contributed by atoms with Crippen LogP contribution in [0.15, 0.2) is 70.3 Å². The molecule has 2 aromatic carbocycles. The summed E-state index contributed by atoms with van der Waals surface area (Å²) < 4.78 is 5.21. The lowest BCUT2D eigenvalue weighted by atomic mass is 9.95. The fraction of sp³-hybridized carbons (Fsp3) is 0.200. The van der Waals surface area contributed by atoms with Crippen molar-refractivity contribution in [3.63, 3.8) is 0 Å². The van der Waals surface area contributed by atoms with Crippen LogP contribution in [0.1, 0.15) is 24.8 Å². The van der Waals surface area contributed by atoms with Gasteiger partial charge in [0.05, 0.1) is 12.3 Å². The predicted octanol–water partition coefficient (Wildman–Crippen LogP) is 2.94. The zero-order valence-electron chi connectivity index (χ0n) is 14.8. The van der Waals surface area contributed by atoms with Crippen molar-refractivity contribution in [2.45, 2.75) is 25.5 Å². The van der Waals surface area contributed by atoms with Crippen LogP contribution in [0.25, 0.3) is 11.4 Å². The Bertz CT molecular complexity index is 969. The molecule has 0 aliphatic carbocycles. The minimum atomic E-state index is -1.06. The van der Waals surface area contributed by atoms with Crippen molar-refractivity contribution in [3.05, 3.63) is 72.1 Å². The normalized spacial score (nSPS) is 18.6. The van der Waals surface area contributed by atoms with Gasteiger partial charge in [0.15, 0.2) is 0 Å². The second-order valence-electron chi connectivity index (χ2n) is 6.46. The van der Waals surface area contributed by atoms with E-state index in [1.165, 1.54) is 0 Å². The van der Waals surface area contributed by atoms with Crippen molar-refractivity contribution in [3.8, 4) is 11.4 Å². The Morgan fingerprint density at radius 3 is 2.44 bits per heavy atom. The number of oxime groups is 1. The highest BCUT2D eigenvalue weighted by molar-refractivity contribution is 6.05. The molecule has 1 amide bonds. The monoisotopic (exact) mass is 362 g/mol. The predicted molar refractivity (Wildman–Crippen MR) is 98.7 cm³/mol. The Morgan fingerprint density at radius 1 is 1.07 bits per heavy atom. The Kier molecular flexibility index (Phi) is 4.42. The van der Waals surface area contributed by atoms with Crippen LogP contribution in [-0.4, -0.2) is 27.4 Å². The van der Waals surface area contributed by atoms with E-state index in [0.717, 1.165) is 16.8 Å². The summed E-state index contributed by atoms with van der Waals surface area (Å²) in [6.07, 6.45) is 0.391. The lowest BCUT2D eigenvalue weighted by Crippen LogP contribution is -2.44. The molecule has 1 aliphatic rings. The SMILES string of the molecule is C[C@@]1(C(=O)NCc2nc(-c3ccccc3)no2)CC(c2ccccc2)=NO1. The molecule has 0 saturated heterocycles. The van der Waals surface area contributed by atoms with Gasteiger partial charge in [-0.15, -0.1) is 0 Å². The number of carbonyl (C=O) groups excluding carboxylic acids is 1. The van der Waals surface area contributed by atoms with Crippen LogP contribution >= 0.6 is 0 Å². The second kappa shape index (κ2) is 7.03. The molecular formula is C20H18N4O3. The molecule has 0 unspecified atom stereocenters. The van der Waals surface area contributed by atoms with E-state index in [-0.39, 0.29) is 12.5 Å². The van der Waals surface area contributed by atoms with Gasteiger partial charge in [0.1, 0.15) is 0 Å². The van der Waals surface area contributed by atoms with Crippen LogP contribution in [-0.2, 0) is 16.2 Å². The van der Waals surface area contributed by atoms with E-state index in [9.17, 15) is 4.79 Å². The Balaban J connectivity index is 1.37. The fourth-order valence-electron chi connectivity index (χ4n) is 2.82. The number of nitrogens with one attached hydrogen (secondary N) is 1. The second-order valence-corrected chi connectivity index (χ2v) is 6.46. The maximum Gasteiger partial charge on any atom is 0.267 e. The van der Waals surface area contributed by atoms with Gasteiger partial charge in [-0.05, 0) is 12.5 Å². The van der Waals surface area contributed by atoms with Gasteiger partial charge in [0, 0.05) is 12.0 Å². The molecule has 0 radical (unpaired) electrons. The highest BCUT2D eigenvalue weighted by atomic mass is 16.7. The smallest absolute Gasteiger partial charge is 0.267 e. The van der Waals surface area contributed by atoms with Gasteiger partial charge in [-0.2, -0.15) is 4.98 Å². The number of carbonyl (C=O) groups is 1. The molecule has 1 atom stereocenters. The molecule has 3 aromatic rings. The van der Waals surface area contributed by atoms with Crippen molar-refractivity contribution < 1.29 is 14.2 Å². The van der Waals surface area contributed by atoms with Crippen LogP contribution in [0.5, 0.6) is 0 Å². The summed E-state index contributed by atoms with van der Waals surface area (Å²) in [5.41, 5.74) is 1.48. The first-order valence-corrected chi connectivity index (χ1v) is 8.61. The lowest BCUT2D eigenvalue weighted by Gasteiger charge is -2.19. The minimum Gasteiger partial charge on any atom is -0.379 e. The quantitative estimate of drug-likeness (QED) is 0.754. The lowest BCUT2D eigenvalue weighted by molar-refractivity contribution is -0.142. The molecular weight excluding hydrogens is 344 g/mol. The van der Waals surface area contributed by atoms with E-state index >= 15 is 0 Å². The highest BCUT2D eigenvalue weighted by Crippen LogP contribution is 2.27. The van der Waals surface area contributed by atoms with E-state index < -0.39 is 5.60 Å². The van der Waals surface area contributed by atoms with Gasteiger partial charge in [-0.1, -0.05) is 71.0 Å². The standard InChI is InChI=1S/C20H18N4O3/c1-20(12-16(23-27-20)14-8-4-2-5-9-14)19(25)21-13-17-22-18(24-26-17)15-10-6-3-7-11-15/h2-11H,12-13H2,1H3,(H,21,25)/t20-/m0/s1. The largest absolute Gasteiger partial charge is 0.379 e. The molecule has 7 heteroatoms. The summed E-state index contributed by atoms with van der Waals surface area (Å²) in [5.74, 6) is 0.530. The van der Waals surface area contributed by atoms with Crippen LogP contribution in [0.2, 0.25) is 0 Å². The van der Waals surface area contributed by atoms with Crippen LogP contribution in [0.3, 0.4) is 0 Å². The van der Waals surface area contributed by atoms with Crippen LogP contribution in [0.4, 0.5) is 0 Å². The molecule has 27 heavy (non-hydrogen) atoms. The molecule has 4 rings (SSSR count). The number of hydrogen-bond donors (Lipinski definition) is 1. The number of hydrogen-bond acceptors (Lipinski definition) is 6. The van der Waals surface area contributed by atoms with Crippen LogP contribution in [0, 0.1) is 0 Å². The molecule has 0 spiro atoms. The van der Waals surface area contributed by atoms with E-state index in [0.29, 0.717) is 18.1 Å². The van der Waals surface area contributed by atoms with Crippen molar-refractivity contribution in [2.75, 3.05) is 0 Å².